The average Bonchev–Trinajstić information content (AvgIpc) is 2.91. The Kier molecular flexibility index (Phi) is 2.22. The third-order valence-corrected chi connectivity index (χ3v) is 2.66. The SMILES string of the molecule is O=C(c1ccoc1)c1cccc2cccnc12. The molecule has 3 aromatic rings. The predicted molar refractivity (Wildman–Crippen MR) is 63.9 cm³/mol. The minimum Gasteiger partial charge on any atom is -0.472 e. The van der Waals surface area contributed by atoms with Gasteiger partial charge in [0.2, 0.25) is 0 Å². The van der Waals surface area contributed by atoms with Gasteiger partial charge in [-0.15, -0.1) is 0 Å². The van der Waals surface area contributed by atoms with Gasteiger partial charge in [-0.1, -0.05) is 18.2 Å². The highest BCUT2D eigenvalue weighted by atomic mass is 16.3. The van der Waals surface area contributed by atoms with Gasteiger partial charge in [0.1, 0.15) is 6.26 Å². The summed E-state index contributed by atoms with van der Waals surface area (Å²) >= 11 is 0. The maximum absolute atomic E-state index is 12.2. The van der Waals surface area contributed by atoms with Crippen molar-refractivity contribution in [3.05, 3.63) is 66.2 Å². The van der Waals surface area contributed by atoms with Crippen molar-refractivity contribution >= 4 is 16.7 Å². The third kappa shape index (κ3) is 1.61. The molecule has 0 radical (unpaired) electrons. The lowest BCUT2D eigenvalue weighted by Gasteiger charge is -2.02. The second-order valence-electron chi connectivity index (χ2n) is 3.72. The highest BCUT2D eigenvalue weighted by molar-refractivity contribution is 6.15. The van der Waals surface area contributed by atoms with Crippen LogP contribution in [0.5, 0.6) is 0 Å². The first kappa shape index (κ1) is 9.78. The number of hydrogen-bond donors (Lipinski definition) is 0. The van der Waals surface area contributed by atoms with Crippen molar-refractivity contribution in [3.63, 3.8) is 0 Å². The molecule has 0 spiro atoms. The molecule has 0 fully saturated rings. The molecular weight excluding hydrogens is 214 g/mol. The number of aromatic nitrogens is 1. The number of pyridine rings is 1. The van der Waals surface area contributed by atoms with Crippen molar-refractivity contribution in [2.75, 3.05) is 0 Å². The first-order chi connectivity index (χ1) is 8.36. The van der Waals surface area contributed by atoms with E-state index >= 15 is 0 Å². The molecule has 82 valence electrons. The number of hydrogen-bond acceptors (Lipinski definition) is 3. The Balaban J connectivity index is 2.21. The van der Waals surface area contributed by atoms with E-state index in [0.29, 0.717) is 11.1 Å². The average molecular weight is 223 g/mol. The normalized spacial score (nSPS) is 10.6. The number of para-hydroxylation sites is 1. The van der Waals surface area contributed by atoms with E-state index in [-0.39, 0.29) is 5.78 Å². The van der Waals surface area contributed by atoms with Gasteiger partial charge < -0.3 is 4.42 Å². The fourth-order valence-corrected chi connectivity index (χ4v) is 1.84. The maximum atomic E-state index is 12.2. The monoisotopic (exact) mass is 223 g/mol. The van der Waals surface area contributed by atoms with Crippen LogP contribution in [0.3, 0.4) is 0 Å². The number of fused-ring (bicyclic) bond motifs is 1. The summed E-state index contributed by atoms with van der Waals surface area (Å²) < 4.78 is 4.93. The van der Waals surface area contributed by atoms with Gasteiger partial charge in [-0.05, 0) is 18.2 Å². The summed E-state index contributed by atoms with van der Waals surface area (Å²) in [4.78, 5) is 16.5. The van der Waals surface area contributed by atoms with Crippen molar-refractivity contribution in [2.24, 2.45) is 0 Å². The molecule has 0 aliphatic heterocycles. The quantitative estimate of drug-likeness (QED) is 0.627. The summed E-state index contributed by atoms with van der Waals surface area (Å²) in [6.45, 7) is 0. The predicted octanol–water partition coefficient (Wildman–Crippen LogP) is 3.06. The van der Waals surface area contributed by atoms with Gasteiger partial charge in [0, 0.05) is 17.1 Å². The molecule has 0 N–H and O–H groups in total. The lowest BCUT2D eigenvalue weighted by atomic mass is 10.0. The second kappa shape index (κ2) is 3.87. The van der Waals surface area contributed by atoms with Crippen LogP contribution in [0.2, 0.25) is 0 Å². The summed E-state index contributed by atoms with van der Waals surface area (Å²) in [7, 11) is 0. The van der Waals surface area contributed by atoms with E-state index in [1.165, 1.54) is 12.5 Å². The lowest BCUT2D eigenvalue weighted by Crippen LogP contribution is -2.01. The molecule has 3 rings (SSSR count). The Morgan fingerprint density at radius 3 is 2.82 bits per heavy atom. The molecule has 0 unspecified atom stereocenters. The molecule has 0 saturated heterocycles. The van der Waals surface area contributed by atoms with Crippen LogP contribution in [0.4, 0.5) is 0 Å². The van der Waals surface area contributed by atoms with Gasteiger partial charge in [-0.25, -0.2) is 0 Å². The third-order valence-electron chi connectivity index (χ3n) is 2.66. The van der Waals surface area contributed by atoms with E-state index in [1.807, 2.05) is 24.3 Å². The highest BCUT2D eigenvalue weighted by Crippen LogP contribution is 2.19. The molecule has 2 aromatic heterocycles. The van der Waals surface area contributed by atoms with Gasteiger partial charge in [0.15, 0.2) is 5.78 Å². The molecule has 3 nitrogen and oxygen atoms in total. The number of rotatable bonds is 2. The van der Waals surface area contributed by atoms with Crippen LogP contribution in [-0.4, -0.2) is 10.8 Å². The van der Waals surface area contributed by atoms with Crippen LogP contribution < -0.4 is 0 Å². The van der Waals surface area contributed by atoms with Crippen LogP contribution in [-0.2, 0) is 0 Å². The largest absolute Gasteiger partial charge is 0.472 e. The number of carbonyl (C=O) groups is 1. The summed E-state index contributed by atoms with van der Waals surface area (Å²) in [6, 6.07) is 11.0. The van der Waals surface area contributed by atoms with Crippen LogP contribution in [0.1, 0.15) is 15.9 Å². The van der Waals surface area contributed by atoms with Gasteiger partial charge in [0.05, 0.1) is 17.3 Å². The van der Waals surface area contributed by atoms with E-state index in [2.05, 4.69) is 4.98 Å². The van der Waals surface area contributed by atoms with Gasteiger partial charge in [-0.3, -0.25) is 9.78 Å². The van der Waals surface area contributed by atoms with Crippen LogP contribution in [0.25, 0.3) is 10.9 Å². The standard InChI is InChI=1S/C14H9NO2/c16-14(11-6-8-17-9-11)12-5-1-3-10-4-2-7-15-13(10)12/h1-9H. The molecule has 17 heavy (non-hydrogen) atoms. The molecule has 0 aliphatic rings. The Morgan fingerprint density at radius 1 is 1.12 bits per heavy atom. The Hall–Kier alpha value is -2.42. The van der Waals surface area contributed by atoms with Crippen LogP contribution in [0, 0.1) is 0 Å². The summed E-state index contributed by atoms with van der Waals surface area (Å²) in [5, 5.41) is 0.960. The summed E-state index contributed by atoms with van der Waals surface area (Å²) in [5.41, 5.74) is 1.87. The number of furan rings is 1. The van der Waals surface area contributed by atoms with Gasteiger partial charge in [0.25, 0.3) is 0 Å². The maximum Gasteiger partial charge on any atom is 0.198 e. The number of benzene rings is 1. The van der Waals surface area contributed by atoms with Crippen molar-refractivity contribution in [2.45, 2.75) is 0 Å². The molecule has 1 aromatic carbocycles. The number of ketones is 1. The fraction of sp³-hybridized carbons (Fsp3) is 0. The Morgan fingerprint density at radius 2 is 2.00 bits per heavy atom. The van der Waals surface area contributed by atoms with Crippen molar-refractivity contribution in [1.82, 2.24) is 4.98 Å². The minimum absolute atomic E-state index is 0.0666. The number of carbonyl (C=O) groups excluding carboxylic acids is 1. The van der Waals surface area contributed by atoms with Crippen LogP contribution in [0.15, 0.2) is 59.5 Å². The first-order valence-electron chi connectivity index (χ1n) is 5.27. The van der Waals surface area contributed by atoms with E-state index < -0.39 is 0 Å². The van der Waals surface area contributed by atoms with E-state index in [0.717, 1.165) is 10.9 Å². The van der Waals surface area contributed by atoms with Gasteiger partial charge in [-0.2, -0.15) is 0 Å². The molecular formula is C14H9NO2. The molecule has 0 aliphatic carbocycles. The Labute approximate surface area is 97.7 Å². The minimum atomic E-state index is -0.0666. The first-order valence-corrected chi connectivity index (χ1v) is 5.27. The molecule has 0 saturated carbocycles. The second-order valence-corrected chi connectivity index (χ2v) is 3.72. The smallest absolute Gasteiger partial charge is 0.198 e. The van der Waals surface area contributed by atoms with Crippen molar-refractivity contribution in [1.29, 1.82) is 0 Å². The van der Waals surface area contributed by atoms with E-state index in [4.69, 9.17) is 4.42 Å². The highest BCUT2D eigenvalue weighted by Gasteiger charge is 2.13. The van der Waals surface area contributed by atoms with Gasteiger partial charge >= 0.3 is 0 Å². The van der Waals surface area contributed by atoms with E-state index in [9.17, 15) is 4.79 Å². The Bertz CT molecular complexity index is 666. The fourth-order valence-electron chi connectivity index (χ4n) is 1.84. The molecule has 0 bridgehead atoms. The lowest BCUT2D eigenvalue weighted by molar-refractivity contribution is 0.103. The molecule has 0 amide bonds. The summed E-state index contributed by atoms with van der Waals surface area (Å²) in [5.74, 6) is -0.0666. The zero-order chi connectivity index (χ0) is 11.7. The molecule has 2 heterocycles. The van der Waals surface area contributed by atoms with E-state index in [1.54, 1.807) is 18.3 Å². The zero-order valence-corrected chi connectivity index (χ0v) is 8.96. The molecule has 0 atom stereocenters. The van der Waals surface area contributed by atoms with Crippen molar-refractivity contribution in [3.8, 4) is 0 Å². The van der Waals surface area contributed by atoms with Crippen LogP contribution >= 0.6 is 0 Å². The topological polar surface area (TPSA) is 43.1 Å². The van der Waals surface area contributed by atoms with Crippen molar-refractivity contribution < 1.29 is 9.21 Å². The molecule has 3 heteroatoms. The number of nitrogens with zero attached hydrogens (tertiary/aromatic N) is 1. The summed E-state index contributed by atoms with van der Waals surface area (Å²) in [6.07, 6.45) is 4.63. The zero-order valence-electron chi connectivity index (χ0n) is 8.96.